The fourth-order valence-corrected chi connectivity index (χ4v) is 2.51. The number of hydrogen-bond acceptors (Lipinski definition) is 5. The Morgan fingerprint density at radius 1 is 1.37 bits per heavy atom. The molecule has 1 aromatic rings. The predicted octanol–water partition coefficient (Wildman–Crippen LogP) is 1.70. The summed E-state index contributed by atoms with van der Waals surface area (Å²) in [5, 5.41) is 9.12. The number of rotatable bonds is 9. The molecule has 0 aliphatic carbocycles. The molecule has 0 bridgehead atoms. The summed E-state index contributed by atoms with van der Waals surface area (Å²) in [6, 6.07) is 5.53. The Hall–Kier alpha value is -1.46. The van der Waals surface area contributed by atoms with Crippen molar-refractivity contribution in [3.05, 3.63) is 23.9 Å². The molecule has 9 heteroatoms. The van der Waals surface area contributed by atoms with E-state index in [1.165, 1.54) is 0 Å². The first kappa shape index (κ1) is 23.6. The van der Waals surface area contributed by atoms with Gasteiger partial charge in [-0.3, -0.25) is 9.79 Å². The average molecular weight is 491 g/mol. The number of aliphatic imine (C=N–C) groups is 1. The van der Waals surface area contributed by atoms with Gasteiger partial charge < -0.3 is 25.4 Å². The molecule has 1 aliphatic rings. The molecule has 2 rings (SSSR count). The largest absolute Gasteiger partial charge is 0.379 e. The van der Waals surface area contributed by atoms with E-state index < -0.39 is 0 Å². The molecule has 1 amide bonds. The minimum absolute atomic E-state index is 0. The van der Waals surface area contributed by atoms with Crippen molar-refractivity contribution in [2.45, 2.75) is 32.3 Å². The lowest BCUT2D eigenvalue weighted by atomic mass is 10.3. The highest BCUT2D eigenvalue weighted by Gasteiger charge is 2.15. The molecule has 1 atom stereocenters. The van der Waals surface area contributed by atoms with E-state index in [-0.39, 0.29) is 36.0 Å². The first-order chi connectivity index (χ1) is 12.7. The van der Waals surface area contributed by atoms with Crippen molar-refractivity contribution >= 4 is 41.7 Å². The van der Waals surface area contributed by atoms with Crippen molar-refractivity contribution in [2.24, 2.45) is 4.99 Å². The summed E-state index contributed by atoms with van der Waals surface area (Å²) >= 11 is 0. The Balaban J connectivity index is 0.00000364. The lowest BCUT2D eigenvalue weighted by Gasteiger charge is -2.13. The molecule has 1 fully saturated rings. The number of amides is 1. The topological polar surface area (TPSA) is 96.9 Å². The van der Waals surface area contributed by atoms with Gasteiger partial charge in [-0.1, -0.05) is 6.07 Å². The van der Waals surface area contributed by atoms with Crippen LogP contribution in [0.5, 0.6) is 0 Å². The Morgan fingerprint density at radius 2 is 2.19 bits per heavy atom. The molecule has 1 aliphatic heterocycles. The maximum Gasteiger partial charge on any atom is 0.227 e. The van der Waals surface area contributed by atoms with E-state index in [2.05, 4.69) is 25.9 Å². The van der Waals surface area contributed by atoms with Crippen LogP contribution >= 0.6 is 24.0 Å². The minimum Gasteiger partial charge on any atom is -0.379 e. The maximum atomic E-state index is 11.9. The number of anilines is 1. The Bertz CT molecular complexity index is 594. The number of halogens is 1. The summed E-state index contributed by atoms with van der Waals surface area (Å²) in [7, 11) is 1.71. The molecule has 1 saturated heterocycles. The first-order valence-electron chi connectivity index (χ1n) is 9.05. The highest BCUT2D eigenvalue weighted by Crippen LogP contribution is 2.07. The van der Waals surface area contributed by atoms with Crippen LogP contribution in [0.2, 0.25) is 0 Å². The third kappa shape index (κ3) is 9.87. The highest BCUT2D eigenvalue weighted by atomic mass is 127. The number of aromatic nitrogens is 1. The predicted molar refractivity (Wildman–Crippen MR) is 117 cm³/mol. The van der Waals surface area contributed by atoms with Crippen LogP contribution in [0.25, 0.3) is 0 Å². The van der Waals surface area contributed by atoms with Gasteiger partial charge in [-0.2, -0.15) is 0 Å². The number of carbonyl (C=O) groups is 1. The van der Waals surface area contributed by atoms with E-state index in [0.717, 1.165) is 31.7 Å². The van der Waals surface area contributed by atoms with Crippen molar-refractivity contribution < 1.29 is 14.3 Å². The monoisotopic (exact) mass is 491 g/mol. The number of aryl methyl sites for hydroxylation is 1. The quantitative estimate of drug-likeness (QED) is 0.211. The van der Waals surface area contributed by atoms with Gasteiger partial charge in [-0.15, -0.1) is 24.0 Å². The third-order valence-electron chi connectivity index (χ3n) is 3.88. The number of ether oxygens (including phenoxy) is 2. The van der Waals surface area contributed by atoms with Gasteiger partial charge >= 0.3 is 0 Å². The SMILES string of the molecule is CN=C(NCCCOC1CCOC1)NCCC(=O)Nc1cccc(C)n1.I. The molecule has 27 heavy (non-hydrogen) atoms. The van der Waals surface area contributed by atoms with Gasteiger partial charge in [0.15, 0.2) is 5.96 Å². The maximum absolute atomic E-state index is 11.9. The second kappa shape index (κ2) is 13.7. The van der Waals surface area contributed by atoms with Gasteiger partial charge in [-0.05, 0) is 31.9 Å². The smallest absolute Gasteiger partial charge is 0.227 e. The zero-order valence-electron chi connectivity index (χ0n) is 16.0. The zero-order chi connectivity index (χ0) is 18.6. The number of guanidine groups is 1. The van der Waals surface area contributed by atoms with Crippen LogP contribution in [0.1, 0.15) is 25.0 Å². The molecule has 0 aromatic carbocycles. The number of nitrogens with zero attached hydrogens (tertiary/aromatic N) is 2. The second-order valence-corrected chi connectivity index (χ2v) is 6.10. The van der Waals surface area contributed by atoms with Crippen LogP contribution in [-0.4, -0.2) is 62.9 Å². The summed E-state index contributed by atoms with van der Waals surface area (Å²) in [5.41, 5.74) is 0.870. The lowest BCUT2D eigenvalue weighted by Crippen LogP contribution is -2.39. The van der Waals surface area contributed by atoms with E-state index in [9.17, 15) is 4.79 Å². The number of nitrogens with one attached hydrogen (secondary N) is 3. The summed E-state index contributed by atoms with van der Waals surface area (Å²) in [6.07, 6.45) is 2.45. The zero-order valence-corrected chi connectivity index (χ0v) is 18.3. The van der Waals surface area contributed by atoms with E-state index in [1.807, 2.05) is 19.1 Å². The summed E-state index contributed by atoms with van der Waals surface area (Å²) in [6.45, 7) is 5.34. The Morgan fingerprint density at radius 3 is 2.89 bits per heavy atom. The number of pyridine rings is 1. The fourth-order valence-electron chi connectivity index (χ4n) is 2.51. The van der Waals surface area contributed by atoms with Crippen LogP contribution in [0, 0.1) is 6.92 Å². The van der Waals surface area contributed by atoms with Crippen molar-refractivity contribution in [3.8, 4) is 0 Å². The van der Waals surface area contributed by atoms with Gasteiger partial charge in [0, 0.05) is 45.5 Å². The Kier molecular flexibility index (Phi) is 11.9. The summed E-state index contributed by atoms with van der Waals surface area (Å²) in [5.74, 6) is 1.17. The molecular formula is C18H30IN5O3. The van der Waals surface area contributed by atoms with Crippen LogP contribution in [-0.2, 0) is 14.3 Å². The normalized spacial score (nSPS) is 16.5. The van der Waals surface area contributed by atoms with E-state index in [4.69, 9.17) is 9.47 Å². The van der Waals surface area contributed by atoms with Crippen LogP contribution in [0.4, 0.5) is 5.82 Å². The molecule has 2 heterocycles. The minimum atomic E-state index is -0.0850. The van der Waals surface area contributed by atoms with Gasteiger partial charge in [-0.25, -0.2) is 4.98 Å². The summed E-state index contributed by atoms with van der Waals surface area (Å²) in [4.78, 5) is 20.3. The van der Waals surface area contributed by atoms with Gasteiger partial charge in [0.2, 0.25) is 5.91 Å². The van der Waals surface area contributed by atoms with Crippen molar-refractivity contribution in [3.63, 3.8) is 0 Å². The molecular weight excluding hydrogens is 461 g/mol. The van der Waals surface area contributed by atoms with Crippen LogP contribution in [0.3, 0.4) is 0 Å². The number of carbonyl (C=O) groups excluding carboxylic acids is 1. The van der Waals surface area contributed by atoms with Crippen molar-refractivity contribution in [2.75, 3.05) is 45.3 Å². The molecule has 0 saturated carbocycles. The fraction of sp³-hybridized carbons (Fsp3) is 0.611. The highest BCUT2D eigenvalue weighted by molar-refractivity contribution is 14.0. The van der Waals surface area contributed by atoms with Crippen LogP contribution in [0.15, 0.2) is 23.2 Å². The average Bonchev–Trinajstić information content (AvgIpc) is 3.13. The van der Waals surface area contributed by atoms with Crippen LogP contribution < -0.4 is 16.0 Å². The van der Waals surface area contributed by atoms with Gasteiger partial charge in [0.1, 0.15) is 5.82 Å². The molecule has 0 radical (unpaired) electrons. The second-order valence-electron chi connectivity index (χ2n) is 6.10. The molecule has 3 N–H and O–H groups in total. The van der Waals surface area contributed by atoms with Crippen molar-refractivity contribution in [1.29, 1.82) is 0 Å². The lowest BCUT2D eigenvalue weighted by molar-refractivity contribution is -0.116. The molecule has 1 aromatic heterocycles. The van der Waals surface area contributed by atoms with Gasteiger partial charge in [0.05, 0.1) is 12.7 Å². The first-order valence-corrected chi connectivity index (χ1v) is 9.05. The van der Waals surface area contributed by atoms with E-state index in [1.54, 1.807) is 13.1 Å². The van der Waals surface area contributed by atoms with Gasteiger partial charge in [0.25, 0.3) is 0 Å². The molecule has 152 valence electrons. The standard InChI is InChI=1S/C18H29N5O3.HI/c1-14-5-3-6-16(22-14)23-17(24)7-10-21-18(19-2)20-9-4-11-26-15-8-12-25-13-15;/h3,5-6,15H,4,7-13H2,1-2H3,(H2,19,20,21)(H,22,23,24);1H. The molecule has 0 spiro atoms. The molecule has 1 unspecified atom stereocenters. The van der Waals surface area contributed by atoms with E-state index in [0.29, 0.717) is 38.0 Å². The molecule has 8 nitrogen and oxygen atoms in total. The third-order valence-corrected chi connectivity index (χ3v) is 3.88. The summed E-state index contributed by atoms with van der Waals surface area (Å²) < 4.78 is 11.0. The van der Waals surface area contributed by atoms with Crippen molar-refractivity contribution in [1.82, 2.24) is 15.6 Å². The van der Waals surface area contributed by atoms with E-state index >= 15 is 0 Å². The number of hydrogen-bond donors (Lipinski definition) is 3. The Labute approximate surface area is 177 Å².